The van der Waals surface area contributed by atoms with Gasteiger partial charge in [0.15, 0.2) is 5.82 Å². The zero-order chi connectivity index (χ0) is 22.1. The predicted molar refractivity (Wildman–Crippen MR) is 125 cm³/mol. The molecule has 2 N–H and O–H groups in total. The zero-order valence-corrected chi connectivity index (χ0v) is 19.2. The Labute approximate surface area is 196 Å². The number of aromatic amines is 1. The van der Waals surface area contributed by atoms with Crippen LogP contribution in [0.3, 0.4) is 0 Å². The van der Waals surface area contributed by atoms with Gasteiger partial charge >= 0.3 is 0 Å². The predicted octanol–water partition coefficient (Wildman–Crippen LogP) is 6.08. The summed E-state index contributed by atoms with van der Waals surface area (Å²) in [6, 6.07) is 12.2. The molecule has 0 spiro atoms. The van der Waals surface area contributed by atoms with Crippen LogP contribution in [0.5, 0.6) is 0 Å². The molecule has 0 bridgehead atoms. The summed E-state index contributed by atoms with van der Waals surface area (Å²) < 4.78 is 0. The van der Waals surface area contributed by atoms with Crippen LogP contribution in [-0.4, -0.2) is 45.1 Å². The van der Waals surface area contributed by atoms with E-state index in [1.54, 1.807) is 42.3 Å². The second-order valence-electron chi connectivity index (χ2n) is 7.78. The maximum absolute atomic E-state index is 13.3. The lowest BCUT2D eigenvalue weighted by Gasteiger charge is -2.34. The quantitative estimate of drug-likeness (QED) is 0.477. The lowest BCUT2D eigenvalue weighted by Crippen LogP contribution is -2.46. The van der Waals surface area contributed by atoms with Gasteiger partial charge in [-0.3, -0.25) is 4.79 Å². The van der Waals surface area contributed by atoms with Gasteiger partial charge in [-0.05, 0) is 43.2 Å². The number of aliphatic hydroxyl groups is 1. The van der Waals surface area contributed by atoms with Crippen LogP contribution in [0.4, 0.5) is 0 Å². The molecule has 0 saturated heterocycles. The van der Waals surface area contributed by atoms with Crippen LogP contribution < -0.4 is 0 Å². The normalized spacial score (nSPS) is 18.7. The Bertz CT molecular complexity index is 1100. The Morgan fingerprint density at radius 3 is 2.42 bits per heavy atom. The molecule has 0 unspecified atom stereocenters. The van der Waals surface area contributed by atoms with E-state index in [4.69, 9.17) is 34.8 Å². The van der Waals surface area contributed by atoms with Crippen molar-refractivity contribution in [2.24, 2.45) is 0 Å². The van der Waals surface area contributed by atoms with E-state index < -0.39 is 6.10 Å². The van der Waals surface area contributed by atoms with Gasteiger partial charge in [0.25, 0.3) is 5.91 Å². The maximum Gasteiger partial charge on any atom is 0.289 e. The monoisotopic (exact) mass is 477 g/mol. The Morgan fingerprint density at radius 2 is 1.74 bits per heavy atom. The van der Waals surface area contributed by atoms with E-state index in [9.17, 15) is 9.90 Å². The van der Waals surface area contributed by atoms with Gasteiger partial charge in [-0.1, -0.05) is 59.8 Å². The minimum atomic E-state index is -0.529. The average Bonchev–Trinajstić information content (AvgIpc) is 3.18. The number of likely N-dealkylation sites (N-methyl/N-ethyl adjacent to an activating group) is 1. The van der Waals surface area contributed by atoms with Crippen LogP contribution in [0.15, 0.2) is 42.5 Å². The van der Waals surface area contributed by atoms with Crippen LogP contribution in [0.25, 0.3) is 22.5 Å². The molecule has 1 fully saturated rings. The molecule has 1 aromatic heterocycles. The summed E-state index contributed by atoms with van der Waals surface area (Å²) in [7, 11) is 1.71. The van der Waals surface area contributed by atoms with E-state index in [1.807, 2.05) is 12.1 Å². The van der Waals surface area contributed by atoms with Crippen molar-refractivity contribution in [2.75, 3.05) is 7.05 Å². The second kappa shape index (κ2) is 9.21. The first-order valence-corrected chi connectivity index (χ1v) is 11.2. The van der Waals surface area contributed by atoms with Crippen LogP contribution in [0, 0.1) is 0 Å². The number of nitrogens with one attached hydrogen (secondary N) is 1. The third-order valence-electron chi connectivity index (χ3n) is 5.74. The Morgan fingerprint density at radius 1 is 1.06 bits per heavy atom. The number of imidazole rings is 1. The highest BCUT2D eigenvalue weighted by Crippen LogP contribution is 2.36. The molecule has 2 aromatic carbocycles. The number of benzene rings is 2. The van der Waals surface area contributed by atoms with Crippen molar-refractivity contribution in [1.29, 1.82) is 0 Å². The van der Waals surface area contributed by atoms with Crippen LogP contribution in [0.1, 0.15) is 36.3 Å². The summed E-state index contributed by atoms with van der Waals surface area (Å²) in [4.78, 5) is 22.6. The molecule has 31 heavy (non-hydrogen) atoms. The number of halogens is 3. The molecule has 8 heteroatoms. The van der Waals surface area contributed by atoms with E-state index in [2.05, 4.69) is 9.97 Å². The molecular formula is C23H22Cl3N3O2. The molecule has 3 aromatic rings. The maximum atomic E-state index is 13.3. The number of hydrogen-bond donors (Lipinski definition) is 2. The number of hydrogen-bond acceptors (Lipinski definition) is 3. The molecule has 0 aliphatic heterocycles. The van der Waals surface area contributed by atoms with Gasteiger partial charge in [0.05, 0.1) is 28.6 Å². The fourth-order valence-corrected chi connectivity index (χ4v) is 4.66. The molecule has 1 aliphatic rings. The van der Waals surface area contributed by atoms with E-state index >= 15 is 0 Å². The lowest BCUT2D eigenvalue weighted by atomic mass is 9.91. The molecule has 1 aliphatic carbocycles. The Kier molecular flexibility index (Phi) is 6.58. The molecule has 0 radical (unpaired) electrons. The SMILES string of the molecule is CN(C(=O)c1nc(-c2ccc(Cl)cc2Cl)c(-c2ccc(Cl)cc2)[nH]1)[C@@H]1CCCC[C@H]1O. The molecule has 162 valence electrons. The van der Waals surface area contributed by atoms with Crippen molar-refractivity contribution < 1.29 is 9.90 Å². The number of rotatable bonds is 4. The van der Waals surface area contributed by atoms with Gasteiger partial charge in [0.2, 0.25) is 0 Å². The summed E-state index contributed by atoms with van der Waals surface area (Å²) in [6.07, 6.45) is 2.89. The fraction of sp³-hybridized carbons (Fsp3) is 0.304. The number of aliphatic hydroxyl groups excluding tert-OH is 1. The number of H-pyrrole nitrogens is 1. The summed E-state index contributed by atoms with van der Waals surface area (Å²) in [6.45, 7) is 0. The van der Waals surface area contributed by atoms with E-state index in [1.165, 1.54) is 0 Å². The third-order valence-corrected chi connectivity index (χ3v) is 6.54. The number of nitrogens with zero attached hydrogens (tertiary/aromatic N) is 2. The minimum Gasteiger partial charge on any atom is -0.391 e. The Hall–Kier alpha value is -2.05. The van der Waals surface area contributed by atoms with Crippen molar-refractivity contribution in [2.45, 2.75) is 37.8 Å². The smallest absolute Gasteiger partial charge is 0.289 e. The van der Waals surface area contributed by atoms with E-state index in [-0.39, 0.29) is 17.8 Å². The first kappa shape index (κ1) is 22.2. The lowest BCUT2D eigenvalue weighted by molar-refractivity contribution is 0.0261. The summed E-state index contributed by atoms with van der Waals surface area (Å²) >= 11 is 18.6. The largest absolute Gasteiger partial charge is 0.391 e. The van der Waals surface area contributed by atoms with Crippen LogP contribution >= 0.6 is 34.8 Å². The van der Waals surface area contributed by atoms with Gasteiger partial charge in [0, 0.05) is 28.2 Å². The molecule has 1 saturated carbocycles. The van der Waals surface area contributed by atoms with Gasteiger partial charge in [0.1, 0.15) is 0 Å². The second-order valence-corrected chi connectivity index (χ2v) is 9.06. The number of carbonyl (C=O) groups is 1. The number of amides is 1. The highest BCUT2D eigenvalue weighted by molar-refractivity contribution is 6.36. The van der Waals surface area contributed by atoms with Gasteiger partial charge in [-0.25, -0.2) is 4.98 Å². The topological polar surface area (TPSA) is 69.2 Å². The molecule has 4 rings (SSSR count). The van der Waals surface area contributed by atoms with Crippen molar-refractivity contribution in [3.63, 3.8) is 0 Å². The first-order chi connectivity index (χ1) is 14.8. The summed E-state index contributed by atoms with van der Waals surface area (Å²) in [5, 5.41) is 11.9. The number of carbonyl (C=O) groups excluding carboxylic acids is 1. The van der Waals surface area contributed by atoms with Crippen molar-refractivity contribution in [3.05, 3.63) is 63.4 Å². The third kappa shape index (κ3) is 4.60. The van der Waals surface area contributed by atoms with Gasteiger partial charge in [-0.2, -0.15) is 0 Å². The van der Waals surface area contributed by atoms with E-state index in [0.29, 0.717) is 38.4 Å². The van der Waals surface area contributed by atoms with Gasteiger partial charge in [-0.15, -0.1) is 0 Å². The average molecular weight is 479 g/mol. The van der Waals surface area contributed by atoms with Crippen LogP contribution in [0.2, 0.25) is 15.1 Å². The molecule has 5 nitrogen and oxygen atoms in total. The zero-order valence-electron chi connectivity index (χ0n) is 16.9. The molecular weight excluding hydrogens is 457 g/mol. The summed E-state index contributed by atoms with van der Waals surface area (Å²) in [5.74, 6) is -0.0938. The standard InChI is InChI=1S/C23H22Cl3N3O2/c1-29(18-4-2-3-5-19(18)30)23(31)22-27-20(13-6-8-14(24)9-7-13)21(28-22)16-11-10-15(25)12-17(16)26/h6-12,18-19,30H,2-5H2,1H3,(H,27,28)/t18-,19-/m1/s1. The first-order valence-electron chi connectivity index (χ1n) is 10.1. The molecule has 1 amide bonds. The van der Waals surface area contributed by atoms with Gasteiger partial charge < -0.3 is 15.0 Å². The summed E-state index contributed by atoms with van der Waals surface area (Å²) in [5.41, 5.74) is 2.68. The van der Waals surface area contributed by atoms with E-state index in [0.717, 1.165) is 24.8 Å². The molecule has 2 atom stereocenters. The highest BCUT2D eigenvalue weighted by atomic mass is 35.5. The molecule has 1 heterocycles. The fourth-order valence-electron chi connectivity index (χ4n) is 4.04. The Balaban J connectivity index is 1.77. The highest BCUT2D eigenvalue weighted by Gasteiger charge is 2.31. The minimum absolute atomic E-state index is 0.186. The van der Waals surface area contributed by atoms with Crippen molar-refractivity contribution in [3.8, 4) is 22.5 Å². The van der Waals surface area contributed by atoms with Crippen molar-refractivity contribution >= 4 is 40.7 Å². The number of aromatic nitrogens is 2. The van der Waals surface area contributed by atoms with Crippen LogP contribution in [-0.2, 0) is 0 Å². The van der Waals surface area contributed by atoms with Crippen molar-refractivity contribution in [1.82, 2.24) is 14.9 Å².